The van der Waals surface area contributed by atoms with Crippen LogP contribution >= 0.6 is 11.6 Å². The molecule has 3 N–H and O–H groups in total. The third-order valence-electron chi connectivity index (χ3n) is 6.67. The number of rotatable bonds is 11. The number of aliphatic carboxylic acids is 1. The molecule has 0 atom stereocenters. The Morgan fingerprint density at radius 1 is 1.12 bits per heavy atom. The van der Waals surface area contributed by atoms with E-state index in [0.717, 1.165) is 19.3 Å². The van der Waals surface area contributed by atoms with E-state index in [1.807, 2.05) is 25.7 Å². The topological polar surface area (TPSA) is 146 Å². The molecule has 0 unspecified atom stereocenters. The summed E-state index contributed by atoms with van der Waals surface area (Å²) in [5, 5.41) is 15.1. The van der Waals surface area contributed by atoms with Gasteiger partial charge in [-0.3, -0.25) is 9.59 Å². The van der Waals surface area contributed by atoms with E-state index in [-0.39, 0.29) is 18.4 Å². The van der Waals surface area contributed by atoms with Gasteiger partial charge in [-0.1, -0.05) is 24.4 Å². The quantitative estimate of drug-likeness (QED) is 0.238. The number of hydrogen-bond donors (Lipinski definition) is 3. The van der Waals surface area contributed by atoms with E-state index < -0.39 is 11.6 Å². The second-order valence-corrected chi connectivity index (χ2v) is 11.5. The Labute approximate surface area is 250 Å². The summed E-state index contributed by atoms with van der Waals surface area (Å²) in [6.45, 7) is 7.95. The van der Waals surface area contributed by atoms with Crippen LogP contribution in [0.3, 0.4) is 0 Å². The lowest BCUT2D eigenvalue weighted by atomic mass is 10.1. The van der Waals surface area contributed by atoms with Crippen molar-refractivity contribution in [2.24, 2.45) is 0 Å². The predicted octanol–water partition coefficient (Wildman–Crippen LogP) is 5.01. The highest BCUT2D eigenvalue weighted by molar-refractivity contribution is 6.34. The molecule has 13 heteroatoms. The fourth-order valence-corrected chi connectivity index (χ4v) is 4.76. The van der Waals surface area contributed by atoms with Crippen molar-refractivity contribution in [3.8, 4) is 5.75 Å². The fourth-order valence-electron chi connectivity index (χ4n) is 4.59. The van der Waals surface area contributed by atoms with Gasteiger partial charge in [0, 0.05) is 44.9 Å². The molecule has 2 aromatic rings. The first kappa shape index (κ1) is 30.9. The van der Waals surface area contributed by atoms with E-state index >= 15 is 0 Å². The van der Waals surface area contributed by atoms with Gasteiger partial charge in [0.25, 0.3) is 5.91 Å². The van der Waals surface area contributed by atoms with E-state index in [4.69, 9.17) is 26.2 Å². The summed E-state index contributed by atoms with van der Waals surface area (Å²) in [5.41, 5.74) is 0.930. The number of carbonyl (C=O) groups excluding carboxylic acids is 2. The third-order valence-corrected chi connectivity index (χ3v) is 7.00. The minimum atomic E-state index is -0.775. The fraction of sp³-hybridized carbons (Fsp3) is 0.483. The van der Waals surface area contributed by atoms with Crippen LogP contribution in [-0.4, -0.2) is 76.3 Å². The zero-order valence-electron chi connectivity index (χ0n) is 24.1. The van der Waals surface area contributed by atoms with Gasteiger partial charge in [-0.2, -0.15) is 0 Å². The van der Waals surface area contributed by atoms with Crippen LogP contribution in [0.1, 0.15) is 58.4 Å². The molecule has 1 saturated heterocycles. The first-order valence-electron chi connectivity index (χ1n) is 14.0. The first-order valence-corrected chi connectivity index (χ1v) is 14.4. The predicted molar refractivity (Wildman–Crippen MR) is 160 cm³/mol. The van der Waals surface area contributed by atoms with E-state index in [9.17, 15) is 14.4 Å². The number of halogens is 1. The molecular weight excluding hydrogens is 564 g/mol. The Morgan fingerprint density at radius 3 is 2.57 bits per heavy atom. The Bertz CT molecular complexity index is 1340. The number of benzene rings is 1. The maximum atomic E-state index is 12.9. The number of carboxylic acid groups (broad SMARTS) is 1. The van der Waals surface area contributed by atoms with Gasteiger partial charge in [0.2, 0.25) is 0 Å². The van der Waals surface area contributed by atoms with E-state index in [1.165, 1.54) is 6.33 Å². The van der Waals surface area contributed by atoms with Gasteiger partial charge in [-0.15, -0.1) is 0 Å². The molecule has 2 aliphatic rings. The normalized spacial score (nSPS) is 15.8. The number of piperazine rings is 1. The number of carboxylic acids is 1. The molecule has 0 bridgehead atoms. The van der Waals surface area contributed by atoms with Crippen LogP contribution in [0.25, 0.3) is 5.57 Å². The molecule has 1 aromatic heterocycles. The van der Waals surface area contributed by atoms with Crippen LogP contribution in [0, 0.1) is 0 Å². The van der Waals surface area contributed by atoms with Crippen molar-refractivity contribution in [1.29, 1.82) is 0 Å². The average Bonchev–Trinajstić information content (AvgIpc) is 3.26. The number of nitrogens with zero attached hydrogens (tertiary/aromatic N) is 4. The summed E-state index contributed by atoms with van der Waals surface area (Å²) in [6, 6.07) is 5.24. The summed E-state index contributed by atoms with van der Waals surface area (Å²) in [4.78, 5) is 48.5. The molecule has 1 aromatic carbocycles. The van der Waals surface area contributed by atoms with Gasteiger partial charge in [0.1, 0.15) is 29.3 Å². The van der Waals surface area contributed by atoms with Crippen molar-refractivity contribution in [1.82, 2.24) is 14.9 Å². The molecule has 2 aliphatic heterocycles. The molecule has 42 heavy (non-hydrogen) atoms. The molecular formula is C29H37ClN6O6. The summed E-state index contributed by atoms with van der Waals surface area (Å²) in [5.74, 6) is 0.538. The molecule has 226 valence electrons. The average molecular weight is 601 g/mol. The van der Waals surface area contributed by atoms with Crippen LogP contribution in [-0.2, 0) is 14.3 Å². The maximum absolute atomic E-state index is 12.9. The van der Waals surface area contributed by atoms with Crippen LogP contribution in [0.5, 0.6) is 5.75 Å². The van der Waals surface area contributed by atoms with Crippen molar-refractivity contribution >= 4 is 52.5 Å². The molecule has 0 spiro atoms. The Kier molecular flexibility index (Phi) is 10.1. The first-order chi connectivity index (χ1) is 20.0. The minimum Gasteiger partial charge on any atom is -0.494 e. The summed E-state index contributed by atoms with van der Waals surface area (Å²) in [6.07, 6.45) is 6.01. The third kappa shape index (κ3) is 8.25. The second kappa shape index (κ2) is 13.7. The van der Waals surface area contributed by atoms with Crippen molar-refractivity contribution < 1.29 is 29.0 Å². The van der Waals surface area contributed by atoms with E-state index in [2.05, 4.69) is 20.6 Å². The maximum Gasteiger partial charge on any atom is 0.410 e. The number of carbonyl (C=O) groups is 3. The van der Waals surface area contributed by atoms with Gasteiger partial charge in [-0.25, -0.2) is 14.8 Å². The highest BCUT2D eigenvalue weighted by Crippen LogP contribution is 2.37. The van der Waals surface area contributed by atoms with Crippen LogP contribution in [0.2, 0.25) is 5.02 Å². The van der Waals surface area contributed by atoms with Gasteiger partial charge >= 0.3 is 12.1 Å². The van der Waals surface area contributed by atoms with E-state index in [1.54, 1.807) is 29.3 Å². The van der Waals surface area contributed by atoms with Crippen molar-refractivity contribution in [2.75, 3.05) is 48.3 Å². The van der Waals surface area contributed by atoms with Gasteiger partial charge in [-0.05, 0) is 45.7 Å². The zero-order valence-corrected chi connectivity index (χ0v) is 24.9. The number of fused-ring (bicyclic) bond motifs is 1. The molecule has 0 radical (unpaired) electrons. The Morgan fingerprint density at radius 2 is 1.86 bits per heavy atom. The van der Waals surface area contributed by atoms with Crippen LogP contribution in [0.15, 0.2) is 30.7 Å². The van der Waals surface area contributed by atoms with Crippen molar-refractivity contribution in [2.45, 2.75) is 58.5 Å². The lowest BCUT2D eigenvalue weighted by molar-refractivity contribution is -0.137. The molecule has 0 aliphatic carbocycles. The largest absolute Gasteiger partial charge is 0.494 e. The standard InChI is InChI=1S/C29H37ClN6O6/c1-29(2,3)42-28(40)36-13-11-35(12-14-36)26-24-20(27(39)34-25(24)32-18-33-26)17-31-22-16-19(9-10-21(22)30)41-15-7-5-4-6-8-23(37)38/h9-10,16-18,31H,4-8,11-15H2,1-3H3,(H,37,38)(H,32,33,34,39)/b20-17-. The summed E-state index contributed by atoms with van der Waals surface area (Å²) >= 11 is 6.42. The molecule has 2 amide bonds. The lowest BCUT2D eigenvalue weighted by Gasteiger charge is -2.36. The smallest absolute Gasteiger partial charge is 0.410 e. The molecule has 12 nitrogen and oxygen atoms in total. The summed E-state index contributed by atoms with van der Waals surface area (Å²) < 4.78 is 11.3. The van der Waals surface area contributed by atoms with Gasteiger partial charge in [0.05, 0.1) is 28.5 Å². The van der Waals surface area contributed by atoms with Gasteiger partial charge < -0.3 is 35.0 Å². The molecule has 1 fully saturated rings. The van der Waals surface area contributed by atoms with E-state index in [0.29, 0.717) is 78.4 Å². The monoisotopic (exact) mass is 600 g/mol. The molecule has 3 heterocycles. The zero-order chi connectivity index (χ0) is 30.3. The van der Waals surface area contributed by atoms with Crippen LogP contribution in [0.4, 0.5) is 22.1 Å². The highest BCUT2D eigenvalue weighted by Gasteiger charge is 2.33. The van der Waals surface area contributed by atoms with Crippen molar-refractivity contribution in [3.63, 3.8) is 0 Å². The Balaban J connectivity index is 1.40. The summed E-state index contributed by atoms with van der Waals surface area (Å²) in [7, 11) is 0. The number of hydrogen-bond acceptors (Lipinski definition) is 9. The second-order valence-electron chi connectivity index (χ2n) is 11.1. The number of nitrogens with one attached hydrogen (secondary N) is 2. The molecule has 4 rings (SSSR count). The highest BCUT2D eigenvalue weighted by atomic mass is 35.5. The molecule has 0 saturated carbocycles. The SMILES string of the molecule is CC(C)(C)OC(=O)N1CCN(c2ncnc3c2/C(=C/Nc2cc(OCCCCCCC(=O)O)ccc2Cl)C(=O)N3)CC1. The minimum absolute atomic E-state index is 0.184. The number of amides is 2. The van der Waals surface area contributed by atoms with Crippen LogP contribution < -0.4 is 20.3 Å². The number of ether oxygens (including phenoxy) is 2. The number of anilines is 3. The van der Waals surface area contributed by atoms with Crippen molar-refractivity contribution in [3.05, 3.63) is 41.3 Å². The van der Waals surface area contributed by atoms with Gasteiger partial charge in [0.15, 0.2) is 0 Å². The lowest BCUT2D eigenvalue weighted by Crippen LogP contribution is -2.50. The number of unbranched alkanes of at least 4 members (excludes halogenated alkanes) is 3. The number of aromatic nitrogens is 2. The Hall–Kier alpha value is -4.06.